The zero-order valence-corrected chi connectivity index (χ0v) is 18.2. The monoisotopic (exact) mass is 400 g/mol. The molecule has 0 spiro atoms. The van der Waals surface area contributed by atoms with Crippen molar-refractivity contribution in [1.82, 2.24) is 19.7 Å². The van der Waals surface area contributed by atoms with Crippen LogP contribution in [0.15, 0.2) is 29.4 Å². The van der Waals surface area contributed by atoms with Gasteiger partial charge in [-0.1, -0.05) is 61.7 Å². The van der Waals surface area contributed by atoms with Gasteiger partial charge in [0.25, 0.3) is 0 Å². The molecule has 0 unspecified atom stereocenters. The van der Waals surface area contributed by atoms with Crippen LogP contribution in [0.1, 0.15) is 57.9 Å². The SMILES string of the molecule is CCCn1c(SCC(=O)N(CC)C2CCCCC2)nnc1-c1cccc(C)c1. The molecule has 1 aliphatic carbocycles. The van der Waals surface area contributed by atoms with Crippen LogP contribution in [0.5, 0.6) is 0 Å². The van der Waals surface area contributed by atoms with Crippen LogP contribution in [-0.4, -0.2) is 43.9 Å². The Morgan fingerprint density at radius 1 is 1.21 bits per heavy atom. The van der Waals surface area contributed by atoms with Crippen molar-refractivity contribution in [3.8, 4) is 11.4 Å². The maximum atomic E-state index is 12.9. The summed E-state index contributed by atoms with van der Waals surface area (Å²) < 4.78 is 2.16. The van der Waals surface area contributed by atoms with Crippen LogP contribution in [0.3, 0.4) is 0 Å². The van der Waals surface area contributed by atoms with Crippen molar-refractivity contribution in [1.29, 1.82) is 0 Å². The molecule has 0 atom stereocenters. The Balaban J connectivity index is 1.72. The average Bonchev–Trinajstić information content (AvgIpc) is 3.11. The van der Waals surface area contributed by atoms with E-state index < -0.39 is 0 Å². The van der Waals surface area contributed by atoms with E-state index in [2.05, 4.69) is 64.7 Å². The Morgan fingerprint density at radius 2 is 2.00 bits per heavy atom. The number of carbonyl (C=O) groups excluding carboxylic acids is 1. The van der Waals surface area contributed by atoms with Gasteiger partial charge in [0.05, 0.1) is 5.75 Å². The molecule has 2 aromatic rings. The van der Waals surface area contributed by atoms with Crippen LogP contribution in [0.4, 0.5) is 0 Å². The minimum Gasteiger partial charge on any atom is -0.339 e. The Morgan fingerprint density at radius 3 is 2.68 bits per heavy atom. The fraction of sp³-hybridized carbons (Fsp3) is 0.591. The van der Waals surface area contributed by atoms with Crippen molar-refractivity contribution < 1.29 is 4.79 Å². The van der Waals surface area contributed by atoms with Crippen molar-refractivity contribution in [2.24, 2.45) is 0 Å². The van der Waals surface area contributed by atoms with Gasteiger partial charge in [0.15, 0.2) is 11.0 Å². The Labute approximate surface area is 172 Å². The van der Waals surface area contributed by atoms with Crippen LogP contribution < -0.4 is 0 Å². The van der Waals surface area contributed by atoms with E-state index in [1.54, 1.807) is 0 Å². The number of benzene rings is 1. The summed E-state index contributed by atoms with van der Waals surface area (Å²) in [6.07, 6.45) is 7.08. The summed E-state index contributed by atoms with van der Waals surface area (Å²) in [5.41, 5.74) is 2.29. The van der Waals surface area contributed by atoms with Gasteiger partial charge in [-0.25, -0.2) is 0 Å². The third-order valence-corrected chi connectivity index (χ3v) is 6.39. The minimum absolute atomic E-state index is 0.225. The molecule has 0 aliphatic heterocycles. The van der Waals surface area contributed by atoms with E-state index in [9.17, 15) is 4.79 Å². The molecule has 1 amide bonds. The lowest BCUT2D eigenvalue weighted by atomic mass is 9.94. The number of amides is 1. The summed E-state index contributed by atoms with van der Waals surface area (Å²) in [5, 5.41) is 9.70. The van der Waals surface area contributed by atoms with E-state index in [0.29, 0.717) is 11.8 Å². The molecule has 1 aromatic carbocycles. The smallest absolute Gasteiger partial charge is 0.233 e. The van der Waals surface area contributed by atoms with Crippen molar-refractivity contribution in [3.63, 3.8) is 0 Å². The molecule has 152 valence electrons. The van der Waals surface area contributed by atoms with Crippen LogP contribution >= 0.6 is 11.8 Å². The average molecular weight is 401 g/mol. The lowest BCUT2D eigenvalue weighted by Gasteiger charge is -2.33. The minimum atomic E-state index is 0.225. The molecular formula is C22H32N4OS. The predicted molar refractivity (Wildman–Crippen MR) is 115 cm³/mol. The van der Waals surface area contributed by atoms with Gasteiger partial charge in [-0.15, -0.1) is 10.2 Å². The summed E-state index contributed by atoms with van der Waals surface area (Å²) in [6.45, 7) is 7.98. The second kappa shape index (κ2) is 10.1. The third kappa shape index (κ3) is 4.96. The number of nitrogens with zero attached hydrogens (tertiary/aromatic N) is 4. The normalized spacial score (nSPS) is 15.0. The number of rotatable bonds is 8. The zero-order valence-electron chi connectivity index (χ0n) is 17.4. The number of thioether (sulfide) groups is 1. The number of aryl methyl sites for hydroxylation is 1. The third-order valence-electron chi connectivity index (χ3n) is 5.44. The molecule has 28 heavy (non-hydrogen) atoms. The largest absolute Gasteiger partial charge is 0.339 e. The molecule has 0 N–H and O–H groups in total. The molecule has 1 aliphatic rings. The number of hydrogen-bond acceptors (Lipinski definition) is 4. The van der Waals surface area contributed by atoms with Crippen molar-refractivity contribution >= 4 is 17.7 Å². The molecule has 1 fully saturated rings. The van der Waals surface area contributed by atoms with E-state index in [1.165, 1.54) is 36.6 Å². The van der Waals surface area contributed by atoms with Crippen LogP contribution in [-0.2, 0) is 11.3 Å². The molecule has 0 radical (unpaired) electrons. The van der Waals surface area contributed by atoms with Crippen molar-refractivity contribution in [2.75, 3.05) is 12.3 Å². The van der Waals surface area contributed by atoms with Gasteiger partial charge in [-0.2, -0.15) is 0 Å². The maximum absolute atomic E-state index is 12.9. The van der Waals surface area contributed by atoms with Gasteiger partial charge in [0.2, 0.25) is 5.91 Å². The molecule has 6 heteroatoms. The van der Waals surface area contributed by atoms with Crippen LogP contribution in [0.2, 0.25) is 0 Å². The fourth-order valence-electron chi connectivity index (χ4n) is 4.06. The number of aromatic nitrogens is 3. The summed E-state index contributed by atoms with van der Waals surface area (Å²) in [7, 11) is 0. The predicted octanol–water partition coefficient (Wildman–Crippen LogP) is 4.94. The topological polar surface area (TPSA) is 51.0 Å². The van der Waals surface area contributed by atoms with Crippen LogP contribution in [0.25, 0.3) is 11.4 Å². The zero-order chi connectivity index (χ0) is 19.9. The molecule has 3 rings (SSSR count). The molecule has 1 saturated carbocycles. The molecule has 1 heterocycles. The number of carbonyl (C=O) groups is 1. The van der Waals surface area contributed by atoms with Gasteiger partial charge >= 0.3 is 0 Å². The highest BCUT2D eigenvalue weighted by Crippen LogP contribution is 2.27. The van der Waals surface area contributed by atoms with Crippen molar-refractivity contribution in [2.45, 2.75) is 77.0 Å². The summed E-state index contributed by atoms with van der Waals surface area (Å²) in [6, 6.07) is 8.77. The molecule has 0 bridgehead atoms. The molecule has 0 saturated heterocycles. The quantitative estimate of drug-likeness (QED) is 0.589. The van der Waals surface area contributed by atoms with Crippen molar-refractivity contribution in [3.05, 3.63) is 29.8 Å². The lowest BCUT2D eigenvalue weighted by molar-refractivity contribution is -0.131. The number of hydrogen-bond donors (Lipinski definition) is 0. The first-order chi connectivity index (χ1) is 13.6. The molecular weight excluding hydrogens is 368 g/mol. The fourth-order valence-corrected chi connectivity index (χ4v) is 4.91. The summed E-state index contributed by atoms with van der Waals surface area (Å²) >= 11 is 1.52. The van der Waals surface area contributed by atoms with E-state index >= 15 is 0 Å². The second-order valence-electron chi connectivity index (χ2n) is 7.59. The van der Waals surface area contributed by atoms with E-state index in [0.717, 1.165) is 48.9 Å². The standard InChI is InChI=1S/C22H32N4OS/c1-4-14-26-21(18-11-9-10-17(3)15-18)23-24-22(26)28-16-20(27)25(5-2)19-12-7-6-8-13-19/h9-11,15,19H,4-8,12-14,16H2,1-3H3. The highest BCUT2D eigenvalue weighted by Gasteiger charge is 2.25. The van der Waals surface area contributed by atoms with Gasteiger partial charge < -0.3 is 9.47 Å². The van der Waals surface area contributed by atoms with E-state index in [1.807, 2.05) is 0 Å². The van der Waals surface area contributed by atoms with Crippen LogP contribution in [0, 0.1) is 6.92 Å². The molecule has 1 aromatic heterocycles. The highest BCUT2D eigenvalue weighted by atomic mass is 32.2. The first kappa shape index (κ1) is 20.9. The Kier molecular flexibility index (Phi) is 7.54. The Bertz CT molecular complexity index is 783. The van der Waals surface area contributed by atoms with E-state index in [4.69, 9.17) is 0 Å². The summed E-state index contributed by atoms with van der Waals surface area (Å²) in [4.78, 5) is 15.0. The van der Waals surface area contributed by atoms with E-state index in [-0.39, 0.29) is 5.91 Å². The van der Waals surface area contributed by atoms with Gasteiger partial charge in [0.1, 0.15) is 0 Å². The lowest BCUT2D eigenvalue weighted by Crippen LogP contribution is -2.42. The first-order valence-electron chi connectivity index (χ1n) is 10.6. The van der Waals surface area contributed by atoms with Gasteiger partial charge in [0, 0.05) is 24.7 Å². The van der Waals surface area contributed by atoms with Gasteiger partial charge in [-0.3, -0.25) is 4.79 Å². The summed E-state index contributed by atoms with van der Waals surface area (Å²) in [5.74, 6) is 1.54. The first-order valence-corrected chi connectivity index (χ1v) is 11.5. The highest BCUT2D eigenvalue weighted by molar-refractivity contribution is 7.99. The van der Waals surface area contributed by atoms with Gasteiger partial charge in [-0.05, 0) is 39.2 Å². The maximum Gasteiger partial charge on any atom is 0.233 e. The Hall–Kier alpha value is -1.82. The molecule has 5 nitrogen and oxygen atoms in total. The second-order valence-corrected chi connectivity index (χ2v) is 8.53.